The van der Waals surface area contributed by atoms with E-state index in [1.165, 1.54) is 5.56 Å². The van der Waals surface area contributed by atoms with E-state index in [1.807, 2.05) is 35.4 Å². The molecule has 1 atom stereocenters. The minimum absolute atomic E-state index is 0.0217. The van der Waals surface area contributed by atoms with Gasteiger partial charge in [-0.3, -0.25) is 14.9 Å². The van der Waals surface area contributed by atoms with E-state index in [2.05, 4.69) is 51.6 Å². The molecule has 27 heavy (non-hydrogen) atoms. The summed E-state index contributed by atoms with van der Waals surface area (Å²) in [5.41, 5.74) is 4.21. The Morgan fingerprint density at radius 1 is 1.07 bits per heavy atom. The number of carbonyl (C=O) groups excluding carboxylic acids is 1. The molecule has 0 bridgehead atoms. The molecule has 2 aliphatic rings. The smallest absolute Gasteiger partial charge is 0.274 e. The minimum Gasteiger partial charge on any atom is -0.337 e. The Hall–Kier alpha value is -3.21. The van der Waals surface area contributed by atoms with Crippen LogP contribution in [0, 0.1) is 0 Å². The van der Waals surface area contributed by atoms with Crippen LogP contribution in [0.1, 0.15) is 39.4 Å². The summed E-state index contributed by atoms with van der Waals surface area (Å²) in [6, 6.07) is 16.4. The quantitative estimate of drug-likeness (QED) is 0.784. The third-order valence-electron chi connectivity index (χ3n) is 5.63. The van der Waals surface area contributed by atoms with Gasteiger partial charge in [0, 0.05) is 37.0 Å². The molecule has 0 saturated carbocycles. The van der Waals surface area contributed by atoms with Crippen molar-refractivity contribution in [3.05, 3.63) is 89.0 Å². The second-order valence-corrected chi connectivity index (χ2v) is 7.17. The average molecular weight is 356 g/mol. The Kier molecular flexibility index (Phi) is 3.67. The van der Waals surface area contributed by atoms with Crippen molar-refractivity contribution in [2.75, 3.05) is 13.1 Å². The first kappa shape index (κ1) is 16.0. The average Bonchev–Trinajstić information content (AvgIpc) is 3.11. The lowest BCUT2D eigenvalue weighted by Crippen LogP contribution is -2.42. The molecule has 0 spiro atoms. The molecule has 0 radical (unpaired) electrons. The van der Waals surface area contributed by atoms with Crippen molar-refractivity contribution in [1.29, 1.82) is 0 Å². The number of nitrogens with zero attached hydrogens (tertiary/aromatic N) is 3. The van der Waals surface area contributed by atoms with Crippen molar-refractivity contribution >= 4 is 12.0 Å². The van der Waals surface area contributed by atoms with E-state index >= 15 is 0 Å². The van der Waals surface area contributed by atoms with Crippen molar-refractivity contribution in [2.24, 2.45) is 0 Å². The molecule has 3 aromatic rings. The molecule has 134 valence electrons. The summed E-state index contributed by atoms with van der Waals surface area (Å²) in [6.07, 6.45) is 7.81. The van der Waals surface area contributed by atoms with E-state index in [4.69, 9.17) is 0 Å². The predicted molar refractivity (Wildman–Crippen MR) is 103 cm³/mol. The van der Waals surface area contributed by atoms with E-state index in [1.54, 1.807) is 0 Å². The Morgan fingerprint density at radius 2 is 1.89 bits per heavy atom. The number of hydrogen-bond acceptors (Lipinski definition) is 3. The fourth-order valence-corrected chi connectivity index (χ4v) is 3.98. The summed E-state index contributed by atoms with van der Waals surface area (Å²) in [4.78, 5) is 19.2. The van der Waals surface area contributed by atoms with Crippen LogP contribution in [0.15, 0.2) is 60.8 Å². The number of hydrogen-bond donors (Lipinski definition) is 1. The van der Waals surface area contributed by atoms with Gasteiger partial charge in [-0.05, 0) is 24.1 Å². The second-order valence-electron chi connectivity index (χ2n) is 7.17. The maximum Gasteiger partial charge on any atom is 0.274 e. The normalized spacial score (nSPS) is 20.8. The summed E-state index contributed by atoms with van der Waals surface area (Å²) in [5.74, 6) is 0.0217. The molecule has 5 rings (SSSR count). The standard InChI is InChI=1S/C22H20N4O/c27-21(26-13-6-14-26)20-17-10-11-22(15-18(17)24-25-20,16-7-2-1-3-8-16)19-9-4-5-12-23-19/h1-5,7-12H,6,13-15H2,(H,24,25). The second kappa shape index (κ2) is 6.20. The molecule has 5 heteroatoms. The number of aromatic nitrogens is 3. The van der Waals surface area contributed by atoms with Gasteiger partial charge in [0.05, 0.1) is 11.1 Å². The molecule has 1 unspecified atom stereocenters. The molecule has 3 heterocycles. The Morgan fingerprint density at radius 3 is 2.59 bits per heavy atom. The highest BCUT2D eigenvalue weighted by atomic mass is 16.2. The zero-order chi connectivity index (χ0) is 18.3. The van der Waals surface area contributed by atoms with Gasteiger partial charge in [-0.1, -0.05) is 48.6 Å². The van der Waals surface area contributed by atoms with Gasteiger partial charge in [-0.15, -0.1) is 0 Å². The lowest BCUT2D eigenvalue weighted by molar-refractivity contribution is 0.0645. The third-order valence-corrected chi connectivity index (χ3v) is 5.63. The van der Waals surface area contributed by atoms with E-state index in [-0.39, 0.29) is 11.3 Å². The summed E-state index contributed by atoms with van der Waals surface area (Å²) in [5, 5.41) is 7.49. The van der Waals surface area contributed by atoms with Gasteiger partial charge in [-0.2, -0.15) is 5.10 Å². The van der Waals surface area contributed by atoms with Crippen molar-refractivity contribution in [3.63, 3.8) is 0 Å². The van der Waals surface area contributed by atoms with Gasteiger partial charge < -0.3 is 4.90 Å². The van der Waals surface area contributed by atoms with Crippen LogP contribution in [0.3, 0.4) is 0 Å². The van der Waals surface area contributed by atoms with Crippen LogP contribution in [-0.2, 0) is 11.8 Å². The fraction of sp³-hybridized carbons (Fsp3) is 0.227. The molecule has 5 nitrogen and oxygen atoms in total. The van der Waals surface area contributed by atoms with Crippen LogP contribution in [0.4, 0.5) is 0 Å². The maximum atomic E-state index is 12.7. The number of rotatable bonds is 3. The Bertz CT molecular complexity index is 964. The molecule has 1 N–H and O–H groups in total. The largest absolute Gasteiger partial charge is 0.337 e. The fourth-order valence-electron chi connectivity index (χ4n) is 3.98. The number of allylic oxidation sites excluding steroid dienone is 1. The topological polar surface area (TPSA) is 61.9 Å². The highest BCUT2D eigenvalue weighted by Crippen LogP contribution is 2.40. The van der Waals surface area contributed by atoms with Crippen molar-refractivity contribution in [1.82, 2.24) is 20.1 Å². The van der Waals surface area contributed by atoms with Crippen molar-refractivity contribution in [2.45, 2.75) is 18.3 Å². The minimum atomic E-state index is -0.376. The summed E-state index contributed by atoms with van der Waals surface area (Å²) in [7, 11) is 0. The van der Waals surface area contributed by atoms with E-state index in [9.17, 15) is 4.79 Å². The number of likely N-dealkylation sites (tertiary alicyclic amines) is 1. The van der Waals surface area contributed by atoms with Crippen LogP contribution in [0.25, 0.3) is 6.08 Å². The summed E-state index contributed by atoms with van der Waals surface area (Å²) < 4.78 is 0. The molecule has 2 aromatic heterocycles. The first-order valence-corrected chi connectivity index (χ1v) is 9.31. The summed E-state index contributed by atoms with van der Waals surface area (Å²) in [6.45, 7) is 1.65. The van der Waals surface area contributed by atoms with E-state index < -0.39 is 0 Å². The third kappa shape index (κ3) is 2.50. The number of nitrogens with one attached hydrogen (secondary N) is 1. The zero-order valence-electron chi connectivity index (χ0n) is 14.9. The first-order valence-electron chi connectivity index (χ1n) is 9.31. The highest BCUT2D eigenvalue weighted by Gasteiger charge is 2.38. The molecule has 1 amide bonds. The van der Waals surface area contributed by atoms with Crippen molar-refractivity contribution in [3.8, 4) is 0 Å². The molecular weight excluding hydrogens is 336 g/mol. The predicted octanol–water partition coefficient (Wildman–Crippen LogP) is 3.21. The van der Waals surface area contributed by atoms with Crippen LogP contribution in [0.2, 0.25) is 0 Å². The van der Waals surface area contributed by atoms with Crippen LogP contribution < -0.4 is 0 Å². The summed E-state index contributed by atoms with van der Waals surface area (Å²) >= 11 is 0. The lowest BCUT2D eigenvalue weighted by atomic mass is 9.70. The Balaban J connectivity index is 1.60. The van der Waals surface area contributed by atoms with Gasteiger partial charge in [0.15, 0.2) is 5.69 Å². The van der Waals surface area contributed by atoms with Crippen LogP contribution >= 0.6 is 0 Å². The number of aromatic amines is 1. The SMILES string of the molecule is O=C(c1n[nH]c2c1C=CC(c1ccccc1)(c1ccccn1)C2)N1CCC1. The molecular formula is C22H20N4O. The van der Waals surface area contributed by atoms with Gasteiger partial charge >= 0.3 is 0 Å². The van der Waals surface area contributed by atoms with Gasteiger partial charge in [0.1, 0.15) is 0 Å². The maximum absolute atomic E-state index is 12.7. The number of amides is 1. The monoisotopic (exact) mass is 356 g/mol. The van der Waals surface area contributed by atoms with Crippen LogP contribution in [0.5, 0.6) is 0 Å². The number of benzene rings is 1. The number of carbonyl (C=O) groups is 1. The molecule has 1 saturated heterocycles. The zero-order valence-corrected chi connectivity index (χ0v) is 14.9. The van der Waals surface area contributed by atoms with E-state index in [0.29, 0.717) is 12.1 Å². The van der Waals surface area contributed by atoms with E-state index in [0.717, 1.165) is 36.5 Å². The lowest BCUT2D eigenvalue weighted by Gasteiger charge is -2.33. The number of fused-ring (bicyclic) bond motifs is 1. The molecule has 1 aliphatic heterocycles. The van der Waals surface area contributed by atoms with Crippen molar-refractivity contribution < 1.29 is 4.79 Å². The first-order chi connectivity index (χ1) is 13.3. The van der Waals surface area contributed by atoms with Gasteiger partial charge in [0.25, 0.3) is 5.91 Å². The van der Waals surface area contributed by atoms with Gasteiger partial charge in [0.2, 0.25) is 0 Å². The molecule has 1 aliphatic carbocycles. The highest BCUT2D eigenvalue weighted by molar-refractivity contribution is 5.97. The number of pyridine rings is 1. The van der Waals surface area contributed by atoms with Crippen LogP contribution in [-0.4, -0.2) is 39.1 Å². The molecule has 1 aromatic carbocycles. The molecule has 1 fully saturated rings. The Labute approximate surface area is 157 Å². The number of H-pyrrole nitrogens is 1. The van der Waals surface area contributed by atoms with Gasteiger partial charge in [-0.25, -0.2) is 0 Å².